The van der Waals surface area contributed by atoms with Crippen LogP contribution < -0.4 is 10.5 Å². The minimum Gasteiger partial charge on any atom is -0.495 e. The first-order valence-electron chi connectivity index (χ1n) is 10.6. The first-order chi connectivity index (χ1) is 15.4. The normalized spacial score (nSPS) is 14.4. The minimum atomic E-state index is -0.291. The first-order valence-corrected chi connectivity index (χ1v) is 11.0. The van der Waals surface area contributed by atoms with Crippen LogP contribution in [0.4, 0.5) is 0 Å². The minimum absolute atomic E-state index is 0.0470. The van der Waals surface area contributed by atoms with Crippen LogP contribution in [0.2, 0.25) is 5.02 Å². The summed E-state index contributed by atoms with van der Waals surface area (Å²) in [5.41, 5.74) is 9.56. The van der Waals surface area contributed by atoms with Crippen molar-refractivity contribution in [3.8, 4) is 22.7 Å². The Hall–Kier alpha value is -3.25. The van der Waals surface area contributed by atoms with Crippen LogP contribution in [0.15, 0.2) is 54.6 Å². The van der Waals surface area contributed by atoms with E-state index >= 15 is 0 Å². The smallest absolute Gasteiger partial charge is 0.255 e. The largest absolute Gasteiger partial charge is 0.495 e. The molecule has 2 aromatic carbocycles. The van der Waals surface area contributed by atoms with Crippen molar-refractivity contribution in [3.05, 3.63) is 70.9 Å². The number of halogens is 1. The first kappa shape index (κ1) is 22.0. The molecule has 1 aliphatic heterocycles. The van der Waals surface area contributed by atoms with Gasteiger partial charge < -0.3 is 19.9 Å². The van der Waals surface area contributed by atoms with E-state index in [0.29, 0.717) is 42.3 Å². The van der Waals surface area contributed by atoms with Gasteiger partial charge in [-0.05, 0) is 55.7 Å². The van der Waals surface area contributed by atoms with Crippen LogP contribution in [0.25, 0.3) is 16.9 Å². The second-order valence-corrected chi connectivity index (χ2v) is 8.45. The monoisotopic (exact) mass is 451 g/mol. The summed E-state index contributed by atoms with van der Waals surface area (Å²) >= 11 is 6.11. The van der Waals surface area contributed by atoms with Crippen molar-refractivity contribution in [2.45, 2.75) is 19.8 Å². The highest BCUT2D eigenvalue weighted by atomic mass is 35.5. The topological polar surface area (TPSA) is 77.6 Å². The standard InChI is InChI=1S/C25H26ClN3O3/c1-16-20(25(31)28-13-11-18(12-14-28)24(27)30)15-22(17-7-9-19(26)10-8-17)29(16)21-5-3-4-6-23(21)32-2/h3-10,15,18H,11-14H2,1-2H3,(H2,27,30). The predicted octanol–water partition coefficient (Wildman–Crippen LogP) is 4.45. The van der Waals surface area contributed by atoms with Crippen LogP contribution in [0.1, 0.15) is 28.9 Å². The summed E-state index contributed by atoms with van der Waals surface area (Å²) in [5.74, 6) is 0.209. The number of para-hydroxylation sites is 2. The molecule has 1 aliphatic rings. The molecule has 32 heavy (non-hydrogen) atoms. The summed E-state index contributed by atoms with van der Waals surface area (Å²) < 4.78 is 7.65. The molecule has 0 aliphatic carbocycles. The maximum atomic E-state index is 13.5. The van der Waals surface area contributed by atoms with E-state index in [1.807, 2.05) is 66.1 Å². The molecule has 4 rings (SSSR count). The number of hydrogen-bond acceptors (Lipinski definition) is 3. The van der Waals surface area contributed by atoms with Gasteiger partial charge in [0, 0.05) is 29.7 Å². The van der Waals surface area contributed by atoms with Gasteiger partial charge in [-0.25, -0.2) is 0 Å². The number of nitrogens with two attached hydrogens (primary N) is 1. The molecule has 1 saturated heterocycles. The zero-order chi connectivity index (χ0) is 22.8. The van der Waals surface area contributed by atoms with Crippen molar-refractivity contribution in [3.63, 3.8) is 0 Å². The molecule has 0 saturated carbocycles. The Morgan fingerprint density at radius 2 is 1.72 bits per heavy atom. The van der Waals surface area contributed by atoms with E-state index in [1.165, 1.54) is 0 Å². The Morgan fingerprint density at radius 1 is 1.06 bits per heavy atom. The molecule has 0 atom stereocenters. The number of carbonyl (C=O) groups is 2. The number of piperidine rings is 1. The van der Waals surface area contributed by atoms with Gasteiger partial charge >= 0.3 is 0 Å². The molecule has 0 radical (unpaired) electrons. The van der Waals surface area contributed by atoms with E-state index in [1.54, 1.807) is 12.0 Å². The van der Waals surface area contributed by atoms with Crippen molar-refractivity contribution in [2.75, 3.05) is 20.2 Å². The summed E-state index contributed by atoms with van der Waals surface area (Å²) in [5, 5.41) is 0.648. The van der Waals surface area contributed by atoms with E-state index < -0.39 is 0 Å². The van der Waals surface area contributed by atoms with E-state index in [9.17, 15) is 9.59 Å². The lowest BCUT2D eigenvalue weighted by Crippen LogP contribution is -2.41. The van der Waals surface area contributed by atoms with Gasteiger partial charge in [0.25, 0.3) is 5.91 Å². The maximum Gasteiger partial charge on any atom is 0.255 e. The second-order valence-electron chi connectivity index (χ2n) is 8.01. The van der Waals surface area contributed by atoms with Crippen molar-refractivity contribution in [1.82, 2.24) is 9.47 Å². The van der Waals surface area contributed by atoms with Crippen molar-refractivity contribution in [2.24, 2.45) is 11.7 Å². The van der Waals surface area contributed by atoms with Gasteiger partial charge in [0.15, 0.2) is 0 Å². The molecule has 7 heteroatoms. The number of nitrogens with zero attached hydrogens (tertiary/aromatic N) is 2. The maximum absolute atomic E-state index is 13.5. The van der Waals surface area contributed by atoms with E-state index in [4.69, 9.17) is 22.1 Å². The molecule has 0 bridgehead atoms. The Morgan fingerprint density at radius 3 is 2.34 bits per heavy atom. The summed E-state index contributed by atoms with van der Waals surface area (Å²) in [6, 6.07) is 17.2. The summed E-state index contributed by atoms with van der Waals surface area (Å²) in [7, 11) is 1.63. The average molecular weight is 452 g/mol. The third-order valence-corrected chi connectivity index (χ3v) is 6.38. The van der Waals surface area contributed by atoms with Gasteiger partial charge in [-0.1, -0.05) is 35.9 Å². The molecular weight excluding hydrogens is 426 g/mol. The van der Waals surface area contributed by atoms with Crippen LogP contribution in [0.3, 0.4) is 0 Å². The number of amides is 2. The highest BCUT2D eigenvalue weighted by Gasteiger charge is 2.29. The van der Waals surface area contributed by atoms with E-state index in [-0.39, 0.29) is 17.7 Å². The predicted molar refractivity (Wildman–Crippen MR) is 125 cm³/mol. The van der Waals surface area contributed by atoms with Gasteiger partial charge in [-0.15, -0.1) is 0 Å². The molecule has 3 aromatic rings. The van der Waals surface area contributed by atoms with Crippen LogP contribution in [0, 0.1) is 12.8 Å². The van der Waals surface area contributed by atoms with Gasteiger partial charge in [-0.2, -0.15) is 0 Å². The van der Waals surface area contributed by atoms with Crippen molar-refractivity contribution >= 4 is 23.4 Å². The molecule has 2 N–H and O–H groups in total. The Bertz CT molecular complexity index is 1150. The number of carbonyl (C=O) groups excluding carboxylic acids is 2. The molecular formula is C25H26ClN3O3. The average Bonchev–Trinajstić information content (AvgIpc) is 3.15. The van der Waals surface area contributed by atoms with Gasteiger partial charge in [0.2, 0.25) is 5.91 Å². The molecule has 6 nitrogen and oxygen atoms in total. The number of likely N-dealkylation sites (tertiary alicyclic amines) is 1. The number of hydrogen-bond donors (Lipinski definition) is 1. The lowest BCUT2D eigenvalue weighted by Gasteiger charge is -2.30. The zero-order valence-electron chi connectivity index (χ0n) is 18.2. The van der Waals surface area contributed by atoms with Gasteiger partial charge in [0.05, 0.1) is 24.1 Å². The fourth-order valence-electron chi connectivity index (χ4n) is 4.32. The molecule has 0 unspecified atom stereocenters. The fourth-order valence-corrected chi connectivity index (χ4v) is 4.44. The van der Waals surface area contributed by atoms with Crippen molar-refractivity contribution in [1.29, 1.82) is 0 Å². The second kappa shape index (κ2) is 9.09. The number of primary amides is 1. The highest BCUT2D eigenvalue weighted by Crippen LogP contribution is 2.35. The highest BCUT2D eigenvalue weighted by molar-refractivity contribution is 6.30. The fraction of sp³-hybridized carbons (Fsp3) is 0.280. The van der Waals surface area contributed by atoms with Crippen LogP contribution in [-0.2, 0) is 4.79 Å². The zero-order valence-corrected chi connectivity index (χ0v) is 18.9. The van der Waals surface area contributed by atoms with Crippen LogP contribution >= 0.6 is 11.6 Å². The number of methoxy groups -OCH3 is 1. The molecule has 166 valence electrons. The molecule has 0 spiro atoms. The lowest BCUT2D eigenvalue weighted by atomic mass is 9.96. The lowest BCUT2D eigenvalue weighted by molar-refractivity contribution is -0.123. The molecule has 1 fully saturated rings. The third-order valence-electron chi connectivity index (χ3n) is 6.13. The SMILES string of the molecule is COc1ccccc1-n1c(-c2ccc(Cl)cc2)cc(C(=O)N2CCC(C(N)=O)CC2)c1C. The third kappa shape index (κ3) is 4.10. The Balaban J connectivity index is 1.79. The molecule has 2 amide bonds. The molecule has 1 aromatic heterocycles. The molecule has 2 heterocycles. The van der Waals surface area contributed by atoms with E-state index in [2.05, 4.69) is 0 Å². The summed E-state index contributed by atoms with van der Waals surface area (Å²) in [6.45, 7) is 2.97. The summed E-state index contributed by atoms with van der Waals surface area (Å²) in [6.07, 6.45) is 1.19. The van der Waals surface area contributed by atoms with Gasteiger partial charge in [-0.3, -0.25) is 9.59 Å². The Labute approximate surface area is 192 Å². The number of ether oxygens (including phenoxy) is 1. The summed E-state index contributed by atoms with van der Waals surface area (Å²) in [4.78, 5) is 26.8. The number of aromatic nitrogens is 1. The Kier molecular flexibility index (Phi) is 6.24. The van der Waals surface area contributed by atoms with Crippen LogP contribution in [0.5, 0.6) is 5.75 Å². The number of rotatable bonds is 5. The van der Waals surface area contributed by atoms with Crippen LogP contribution in [-0.4, -0.2) is 41.5 Å². The number of benzene rings is 2. The van der Waals surface area contributed by atoms with Gasteiger partial charge in [0.1, 0.15) is 5.75 Å². The van der Waals surface area contributed by atoms with E-state index in [0.717, 1.165) is 22.6 Å². The van der Waals surface area contributed by atoms with Crippen molar-refractivity contribution < 1.29 is 14.3 Å². The quantitative estimate of drug-likeness (QED) is 0.622.